The first-order valence-corrected chi connectivity index (χ1v) is 12.5. The lowest BCUT2D eigenvalue weighted by atomic mass is 10.0. The van der Waals surface area contributed by atoms with Gasteiger partial charge in [-0.3, -0.25) is 9.10 Å². The molecule has 0 fully saturated rings. The Morgan fingerprint density at radius 2 is 1.77 bits per heavy atom. The molecule has 0 radical (unpaired) electrons. The van der Waals surface area contributed by atoms with Crippen molar-refractivity contribution in [1.82, 2.24) is 0 Å². The van der Waals surface area contributed by atoms with E-state index < -0.39 is 10.0 Å². The average Bonchev–Trinajstić information content (AvgIpc) is 3.12. The summed E-state index contributed by atoms with van der Waals surface area (Å²) in [5, 5.41) is 5.37. The van der Waals surface area contributed by atoms with E-state index in [1.54, 1.807) is 0 Å². The molecule has 1 aliphatic rings. The summed E-state index contributed by atoms with van der Waals surface area (Å²) in [6, 6.07) is 16.0. The van der Waals surface area contributed by atoms with Gasteiger partial charge in [-0.05, 0) is 67.3 Å². The Kier molecular flexibility index (Phi) is 5.75. The topological polar surface area (TPSA) is 66.5 Å². The summed E-state index contributed by atoms with van der Waals surface area (Å²) in [6.45, 7) is 4.15. The number of carbonyl (C=O) groups is 1. The molecule has 0 spiro atoms. The molecular weight excluding hydrogens is 408 g/mol. The number of carbonyl (C=O) groups excluding carboxylic acids is 1. The normalized spacial score (nSPS) is 12.9. The summed E-state index contributed by atoms with van der Waals surface area (Å²) >= 11 is 0. The van der Waals surface area contributed by atoms with Gasteiger partial charge in [0, 0.05) is 24.0 Å². The predicted molar refractivity (Wildman–Crippen MR) is 127 cm³/mol. The highest BCUT2D eigenvalue weighted by Crippen LogP contribution is 2.35. The van der Waals surface area contributed by atoms with Gasteiger partial charge in [-0.25, -0.2) is 8.42 Å². The van der Waals surface area contributed by atoms with Crippen LogP contribution in [0.5, 0.6) is 0 Å². The van der Waals surface area contributed by atoms with Crippen molar-refractivity contribution in [3.8, 4) is 0 Å². The van der Waals surface area contributed by atoms with E-state index in [0.29, 0.717) is 12.1 Å². The maximum absolute atomic E-state index is 12.6. The largest absolute Gasteiger partial charge is 0.326 e. The third-order valence-electron chi connectivity index (χ3n) is 5.94. The lowest BCUT2D eigenvalue weighted by Crippen LogP contribution is -2.32. The van der Waals surface area contributed by atoms with Crippen molar-refractivity contribution in [2.24, 2.45) is 0 Å². The fourth-order valence-corrected chi connectivity index (χ4v) is 5.52. The van der Waals surface area contributed by atoms with Crippen molar-refractivity contribution in [3.63, 3.8) is 0 Å². The SMILES string of the molecule is Cc1ccc(N(CCCC(=O)Nc2ccc3c4c(cccc24)CC3)S(C)(=O)=O)c(C)c1. The quantitative estimate of drug-likeness (QED) is 0.582. The second kappa shape index (κ2) is 8.35. The van der Waals surface area contributed by atoms with Crippen molar-refractivity contribution in [1.29, 1.82) is 0 Å². The highest BCUT2D eigenvalue weighted by molar-refractivity contribution is 7.92. The molecule has 1 amide bonds. The number of rotatable bonds is 7. The fraction of sp³-hybridized carbons (Fsp3) is 0.320. The van der Waals surface area contributed by atoms with Gasteiger partial charge in [0.05, 0.1) is 11.9 Å². The van der Waals surface area contributed by atoms with Crippen LogP contribution in [0.2, 0.25) is 0 Å². The number of nitrogens with zero attached hydrogens (tertiary/aromatic N) is 1. The molecular formula is C25H28N2O3S. The van der Waals surface area contributed by atoms with Gasteiger partial charge in [0.2, 0.25) is 15.9 Å². The van der Waals surface area contributed by atoms with Crippen molar-refractivity contribution in [2.75, 3.05) is 22.4 Å². The fourth-order valence-electron chi connectivity index (χ4n) is 4.50. The van der Waals surface area contributed by atoms with Gasteiger partial charge in [-0.1, -0.05) is 42.0 Å². The molecule has 3 aromatic rings. The third kappa shape index (κ3) is 4.44. The van der Waals surface area contributed by atoms with Gasteiger partial charge in [0.25, 0.3) is 0 Å². The third-order valence-corrected chi connectivity index (χ3v) is 7.12. The van der Waals surface area contributed by atoms with E-state index >= 15 is 0 Å². The first-order valence-electron chi connectivity index (χ1n) is 10.6. The summed E-state index contributed by atoms with van der Waals surface area (Å²) in [7, 11) is -3.44. The number of hydrogen-bond donors (Lipinski definition) is 1. The zero-order chi connectivity index (χ0) is 22.2. The predicted octanol–water partition coefficient (Wildman–Crippen LogP) is 4.74. The van der Waals surface area contributed by atoms with Gasteiger partial charge < -0.3 is 5.32 Å². The molecule has 0 saturated heterocycles. The van der Waals surface area contributed by atoms with Crippen LogP contribution < -0.4 is 9.62 Å². The van der Waals surface area contributed by atoms with Crippen LogP contribution in [0.1, 0.15) is 35.1 Å². The van der Waals surface area contributed by atoms with Crippen LogP contribution in [-0.4, -0.2) is 27.1 Å². The number of anilines is 2. The van der Waals surface area contributed by atoms with Crippen LogP contribution in [-0.2, 0) is 27.7 Å². The monoisotopic (exact) mass is 436 g/mol. The summed E-state index contributed by atoms with van der Waals surface area (Å²) in [5.41, 5.74) is 6.15. The van der Waals surface area contributed by atoms with E-state index in [4.69, 9.17) is 0 Å². The van der Waals surface area contributed by atoms with Crippen molar-refractivity contribution in [2.45, 2.75) is 39.5 Å². The first kappa shape index (κ1) is 21.4. The van der Waals surface area contributed by atoms with E-state index in [2.05, 4.69) is 23.5 Å². The van der Waals surface area contributed by atoms with Crippen LogP contribution in [0.3, 0.4) is 0 Å². The number of sulfonamides is 1. The molecule has 0 bridgehead atoms. The molecule has 0 unspecified atom stereocenters. The number of aryl methyl sites for hydroxylation is 4. The summed E-state index contributed by atoms with van der Waals surface area (Å²) in [5.74, 6) is -0.104. The molecule has 0 aliphatic heterocycles. The minimum atomic E-state index is -3.44. The van der Waals surface area contributed by atoms with Crippen LogP contribution in [0.15, 0.2) is 48.5 Å². The Morgan fingerprint density at radius 3 is 2.48 bits per heavy atom. The zero-order valence-corrected chi connectivity index (χ0v) is 19.1. The maximum Gasteiger partial charge on any atom is 0.232 e. The molecule has 3 aromatic carbocycles. The maximum atomic E-state index is 12.6. The standard InChI is InChI=1S/C25H28N2O3S/c1-17-9-14-23(18(2)16-17)27(31(3,29)30)15-5-8-24(28)26-22-13-12-20-11-10-19-6-4-7-21(22)25(19)20/h4,6-7,9,12-14,16H,5,8,10-11,15H2,1-3H3,(H,26,28). The molecule has 6 heteroatoms. The van der Waals surface area contributed by atoms with Crippen LogP contribution in [0.25, 0.3) is 10.8 Å². The van der Waals surface area contributed by atoms with Crippen molar-refractivity contribution in [3.05, 3.63) is 70.8 Å². The minimum Gasteiger partial charge on any atom is -0.326 e. The lowest BCUT2D eigenvalue weighted by Gasteiger charge is -2.24. The smallest absolute Gasteiger partial charge is 0.232 e. The molecule has 0 heterocycles. The zero-order valence-electron chi connectivity index (χ0n) is 18.2. The van der Waals surface area contributed by atoms with E-state index in [1.807, 2.05) is 44.2 Å². The summed E-state index contributed by atoms with van der Waals surface area (Å²) in [4.78, 5) is 12.6. The summed E-state index contributed by atoms with van der Waals surface area (Å²) < 4.78 is 26.2. The Hall–Kier alpha value is -2.86. The molecule has 31 heavy (non-hydrogen) atoms. The van der Waals surface area contributed by atoms with E-state index in [-0.39, 0.29) is 18.9 Å². The molecule has 0 atom stereocenters. The molecule has 1 N–H and O–H groups in total. The van der Waals surface area contributed by atoms with Crippen LogP contribution >= 0.6 is 0 Å². The van der Waals surface area contributed by atoms with Gasteiger partial charge in [-0.15, -0.1) is 0 Å². The number of amides is 1. The number of hydrogen-bond acceptors (Lipinski definition) is 3. The first-order chi connectivity index (χ1) is 14.7. The molecule has 0 saturated carbocycles. The van der Waals surface area contributed by atoms with Gasteiger partial charge in [0.1, 0.15) is 0 Å². The molecule has 4 rings (SSSR count). The van der Waals surface area contributed by atoms with Crippen molar-refractivity contribution >= 4 is 38.1 Å². The van der Waals surface area contributed by atoms with Crippen LogP contribution in [0.4, 0.5) is 11.4 Å². The van der Waals surface area contributed by atoms with Gasteiger partial charge in [0.15, 0.2) is 0 Å². The second-order valence-corrected chi connectivity index (χ2v) is 10.3. The highest BCUT2D eigenvalue weighted by atomic mass is 32.2. The van der Waals surface area contributed by atoms with E-state index in [1.165, 1.54) is 27.1 Å². The molecule has 162 valence electrons. The minimum absolute atomic E-state index is 0.104. The van der Waals surface area contributed by atoms with Gasteiger partial charge in [-0.2, -0.15) is 0 Å². The van der Waals surface area contributed by atoms with E-state index in [9.17, 15) is 13.2 Å². The highest BCUT2D eigenvalue weighted by Gasteiger charge is 2.20. The Bertz CT molecular complexity index is 1250. The Morgan fingerprint density at radius 1 is 1.03 bits per heavy atom. The lowest BCUT2D eigenvalue weighted by molar-refractivity contribution is -0.116. The number of benzene rings is 3. The van der Waals surface area contributed by atoms with Crippen LogP contribution in [0, 0.1) is 13.8 Å². The number of nitrogens with one attached hydrogen (secondary N) is 1. The second-order valence-electron chi connectivity index (χ2n) is 8.39. The average molecular weight is 437 g/mol. The molecule has 0 aromatic heterocycles. The molecule has 1 aliphatic carbocycles. The van der Waals surface area contributed by atoms with E-state index in [0.717, 1.165) is 35.0 Å². The molecule has 5 nitrogen and oxygen atoms in total. The van der Waals surface area contributed by atoms with Gasteiger partial charge >= 0.3 is 0 Å². The summed E-state index contributed by atoms with van der Waals surface area (Å²) in [6.07, 6.45) is 3.99. The van der Waals surface area contributed by atoms with Crippen molar-refractivity contribution < 1.29 is 13.2 Å². The Balaban J connectivity index is 1.45. The Labute approximate surface area is 184 Å².